The average molecular weight is 615 g/mol. The average Bonchev–Trinajstić information content (AvgIpc) is 3.32. The quantitative estimate of drug-likeness (QED) is 0.116. The highest BCUT2D eigenvalue weighted by molar-refractivity contribution is 6.46. The largest absolute Gasteiger partial charge is 0.507 e. The van der Waals surface area contributed by atoms with E-state index in [0.29, 0.717) is 67.9 Å². The summed E-state index contributed by atoms with van der Waals surface area (Å²) in [5.41, 5.74) is 2.91. The van der Waals surface area contributed by atoms with E-state index in [0.717, 1.165) is 37.1 Å². The van der Waals surface area contributed by atoms with Crippen molar-refractivity contribution in [3.05, 3.63) is 94.6 Å². The predicted molar refractivity (Wildman–Crippen MR) is 172 cm³/mol. The summed E-state index contributed by atoms with van der Waals surface area (Å²) in [6.07, 6.45) is 1.96. The highest BCUT2D eigenvalue weighted by Gasteiger charge is 2.46. The maximum absolute atomic E-state index is 13.7. The molecular weight excluding hydrogens is 572 g/mol. The van der Waals surface area contributed by atoms with Crippen molar-refractivity contribution in [3.8, 4) is 17.2 Å². The number of amides is 1. The fourth-order valence-corrected chi connectivity index (χ4v) is 5.71. The molecule has 9 heteroatoms. The highest BCUT2D eigenvalue weighted by Crippen LogP contribution is 2.42. The van der Waals surface area contributed by atoms with Crippen molar-refractivity contribution in [1.29, 1.82) is 0 Å². The molecule has 2 saturated heterocycles. The van der Waals surface area contributed by atoms with Crippen molar-refractivity contribution in [2.75, 3.05) is 53.1 Å². The van der Waals surface area contributed by atoms with Crippen LogP contribution in [0.2, 0.25) is 0 Å². The zero-order chi connectivity index (χ0) is 31.8. The van der Waals surface area contributed by atoms with Crippen LogP contribution in [0.25, 0.3) is 5.76 Å². The number of benzene rings is 3. The van der Waals surface area contributed by atoms with E-state index in [-0.39, 0.29) is 11.3 Å². The van der Waals surface area contributed by atoms with Crippen LogP contribution in [0.4, 0.5) is 0 Å². The van der Waals surface area contributed by atoms with Gasteiger partial charge in [0.05, 0.1) is 38.5 Å². The molecule has 3 aromatic carbocycles. The van der Waals surface area contributed by atoms with Gasteiger partial charge in [-0.1, -0.05) is 49.7 Å². The number of aliphatic hydroxyl groups excluding tert-OH is 1. The summed E-state index contributed by atoms with van der Waals surface area (Å²) >= 11 is 0. The van der Waals surface area contributed by atoms with Crippen molar-refractivity contribution in [3.63, 3.8) is 0 Å². The molecule has 0 saturated carbocycles. The number of morpholine rings is 1. The summed E-state index contributed by atoms with van der Waals surface area (Å²) in [5.74, 6) is 0.113. The van der Waals surface area contributed by atoms with Crippen LogP contribution >= 0.6 is 0 Å². The van der Waals surface area contributed by atoms with Crippen LogP contribution in [0, 0.1) is 6.92 Å². The number of methoxy groups -OCH3 is 1. The molecule has 0 radical (unpaired) electrons. The Hall–Kier alpha value is -4.34. The summed E-state index contributed by atoms with van der Waals surface area (Å²) in [4.78, 5) is 31.0. The van der Waals surface area contributed by atoms with Crippen molar-refractivity contribution < 1.29 is 33.6 Å². The number of hydrogen-bond acceptors (Lipinski definition) is 8. The first-order valence-electron chi connectivity index (χ1n) is 15.6. The number of rotatable bonds is 13. The second-order valence-electron chi connectivity index (χ2n) is 11.3. The zero-order valence-electron chi connectivity index (χ0n) is 26.3. The Morgan fingerprint density at radius 2 is 1.73 bits per heavy atom. The van der Waals surface area contributed by atoms with Gasteiger partial charge in [-0.25, -0.2) is 0 Å². The van der Waals surface area contributed by atoms with E-state index in [1.807, 2.05) is 49.4 Å². The third-order valence-electron chi connectivity index (χ3n) is 8.26. The number of carbonyl (C=O) groups excluding carboxylic acids is 2. The number of Topliss-reactive ketones (excluding diaryl/α,β-unsaturated/α-hetero) is 1. The van der Waals surface area contributed by atoms with Crippen LogP contribution in [0.3, 0.4) is 0 Å². The van der Waals surface area contributed by atoms with E-state index in [1.165, 1.54) is 0 Å². The molecule has 2 heterocycles. The molecule has 5 rings (SSSR count). The first kappa shape index (κ1) is 32.1. The van der Waals surface area contributed by atoms with Crippen LogP contribution in [0.15, 0.2) is 72.3 Å². The van der Waals surface area contributed by atoms with Gasteiger partial charge >= 0.3 is 0 Å². The SMILES string of the molecule is CCCCOc1ccc(C(O)=C2C(=O)C(=O)N(CCN3CCOCC3)C2c2ccc(OCc3ccccc3)c(OC)c2)c(C)c1. The van der Waals surface area contributed by atoms with Gasteiger partial charge in [0.1, 0.15) is 18.1 Å². The summed E-state index contributed by atoms with van der Waals surface area (Å²) in [7, 11) is 1.55. The molecule has 1 unspecified atom stereocenters. The molecule has 0 bridgehead atoms. The Bertz CT molecular complexity index is 1520. The van der Waals surface area contributed by atoms with E-state index < -0.39 is 17.7 Å². The number of ether oxygens (including phenoxy) is 4. The zero-order valence-corrected chi connectivity index (χ0v) is 26.3. The monoisotopic (exact) mass is 614 g/mol. The predicted octanol–water partition coefficient (Wildman–Crippen LogP) is 5.52. The second kappa shape index (κ2) is 15.1. The van der Waals surface area contributed by atoms with Gasteiger partial charge in [-0.2, -0.15) is 0 Å². The molecule has 2 fully saturated rings. The lowest BCUT2D eigenvalue weighted by Gasteiger charge is -2.31. The minimum Gasteiger partial charge on any atom is -0.507 e. The van der Waals surface area contributed by atoms with Gasteiger partial charge in [-0.05, 0) is 60.4 Å². The molecular formula is C36H42N2O7. The Morgan fingerprint density at radius 1 is 0.956 bits per heavy atom. The Morgan fingerprint density at radius 3 is 2.44 bits per heavy atom. The Balaban J connectivity index is 1.50. The lowest BCUT2D eigenvalue weighted by Crippen LogP contribution is -2.42. The van der Waals surface area contributed by atoms with Crippen molar-refractivity contribution in [2.24, 2.45) is 0 Å². The molecule has 2 aliphatic heterocycles. The van der Waals surface area contributed by atoms with Gasteiger partial charge in [0.25, 0.3) is 11.7 Å². The number of unbranched alkanes of at least 4 members (excludes halogenated alkanes) is 1. The number of ketones is 1. The first-order valence-corrected chi connectivity index (χ1v) is 15.6. The number of nitrogens with zero attached hydrogens (tertiary/aromatic N) is 2. The number of aliphatic hydroxyl groups is 1. The van der Waals surface area contributed by atoms with Gasteiger partial charge in [0.15, 0.2) is 11.5 Å². The first-order chi connectivity index (χ1) is 21.9. The van der Waals surface area contributed by atoms with Crippen molar-refractivity contribution >= 4 is 17.4 Å². The van der Waals surface area contributed by atoms with E-state index >= 15 is 0 Å². The number of aryl methyl sites for hydroxylation is 1. The lowest BCUT2D eigenvalue weighted by atomic mass is 9.93. The molecule has 0 aliphatic carbocycles. The normalized spacial score (nSPS) is 18.3. The van der Waals surface area contributed by atoms with E-state index in [1.54, 1.807) is 36.3 Å². The molecule has 1 amide bonds. The van der Waals surface area contributed by atoms with Crippen molar-refractivity contribution in [1.82, 2.24) is 9.80 Å². The van der Waals surface area contributed by atoms with Crippen LogP contribution in [-0.2, 0) is 20.9 Å². The number of hydrogen-bond donors (Lipinski definition) is 1. The second-order valence-corrected chi connectivity index (χ2v) is 11.3. The summed E-state index contributed by atoms with van der Waals surface area (Å²) in [6.45, 7) is 8.55. The summed E-state index contributed by atoms with van der Waals surface area (Å²) < 4.78 is 23.1. The molecule has 1 N–H and O–H groups in total. The smallest absolute Gasteiger partial charge is 0.295 e. The van der Waals surface area contributed by atoms with Gasteiger partial charge in [0, 0.05) is 31.7 Å². The number of carbonyl (C=O) groups is 2. The number of likely N-dealkylation sites (tertiary alicyclic amines) is 1. The van der Waals surface area contributed by atoms with Gasteiger partial charge in [-0.15, -0.1) is 0 Å². The summed E-state index contributed by atoms with van der Waals surface area (Å²) in [5, 5.41) is 11.7. The third-order valence-corrected chi connectivity index (χ3v) is 8.26. The lowest BCUT2D eigenvalue weighted by molar-refractivity contribution is -0.140. The minimum absolute atomic E-state index is 0.0461. The molecule has 1 atom stereocenters. The van der Waals surface area contributed by atoms with Crippen LogP contribution < -0.4 is 14.2 Å². The van der Waals surface area contributed by atoms with Crippen LogP contribution in [0.1, 0.15) is 48.1 Å². The maximum atomic E-state index is 13.7. The Kier molecular flexibility index (Phi) is 10.8. The van der Waals surface area contributed by atoms with E-state index in [4.69, 9.17) is 18.9 Å². The van der Waals surface area contributed by atoms with E-state index in [2.05, 4.69) is 11.8 Å². The summed E-state index contributed by atoms with van der Waals surface area (Å²) in [6, 6.07) is 19.8. The fourth-order valence-electron chi connectivity index (χ4n) is 5.71. The molecule has 0 aromatic heterocycles. The topological polar surface area (TPSA) is 97.8 Å². The standard InChI is InChI=1S/C36H42N2O7/c1-4-5-19-44-28-12-13-29(25(2)22-28)34(39)32-33(38(36(41)35(32)40)16-15-37-17-20-43-21-18-37)27-11-14-30(31(23-27)42-3)45-24-26-9-7-6-8-10-26/h6-14,22-23,33,39H,4-5,15-21,24H2,1-3H3. The molecule has 2 aliphatic rings. The van der Waals surface area contributed by atoms with E-state index in [9.17, 15) is 14.7 Å². The molecule has 45 heavy (non-hydrogen) atoms. The van der Waals surface area contributed by atoms with Gasteiger partial charge in [0.2, 0.25) is 0 Å². The third kappa shape index (κ3) is 7.49. The van der Waals surface area contributed by atoms with Crippen LogP contribution in [0.5, 0.6) is 17.2 Å². The highest BCUT2D eigenvalue weighted by atomic mass is 16.5. The van der Waals surface area contributed by atoms with Crippen molar-refractivity contribution in [2.45, 2.75) is 39.3 Å². The minimum atomic E-state index is -0.817. The van der Waals surface area contributed by atoms with Crippen LogP contribution in [-0.4, -0.2) is 79.7 Å². The molecule has 3 aromatic rings. The molecule has 238 valence electrons. The molecule has 9 nitrogen and oxygen atoms in total. The Labute approximate surface area is 265 Å². The van der Waals surface area contributed by atoms with Gasteiger partial charge < -0.3 is 29.0 Å². The van der Waals surface area contributed by atoms with Gasteiger partial charge in [-0.3, -0.25) is 14.5 Å². The molecule has 0 spiro atoms. The maximum Gasteiger partial charge on any atom is 0.295 e. The fraction of sp³-hybridized carbons (Fsp3) is 0.389.